The Bertz CT molecular complexity index is 828. The molecule has 0 radical (unpaired) electrons. The van der Waals surface area contributed by atoms with Crippen LogP contribution < -0.4 is 10.1 Å². The molecular formula is C21H25NO5. The van der Waals surface area contributed by atoms with Gasteiger partial charge in [0.1, 0.15) is 11.8 Å². The molecule has 2 aromatic rings. The highest BCUT2D eigenvalue weighted by molar-refractivity contribution is 5.90. The Hall–Kier alpha value is -2.60. The van der Waals surface area contributed by atoms with E-state index in [1.807, 2.05) is 36.4 Å². The quantitative estimate of drug-likeness (QED) is 0.815. The zero-order valence-corrected chi connectivity index (χ0v) is 15.6. The summed E-state index contributed by atoms with van der Waals surface area (Å²) in [6.07, 6.45) is 1.55. The first-order valence-corrected chi connectivity index (χ1v) is 9.18. The number of ether oxygens (including phenoxy) is 2. The zero-order chi connectivity index (χ0) is 19.4. The molecule has 3 atom stereocenters. The van der Waals surface area contributed by atoms with Gasteiger partial charge in [-0.2, -0.15) is 0 Å². The van der Waals surface area contributed by atoms with Gasteiger partial charge >= 0.3 is 5.97 Å². The minimum atomic E-state index is -1.02. The fourth-order valence-corrected chi connectivity index (χ4v) is 3.48. The largest absolute Gasteiger partial charge is 0.497 e. The van der Waals surface area contributed by atoms with Crippen molar-refractivity contribution in [1.82, 2.24) is 5.32 Å². The van der Waals surface area contributed by atoms with E-state index in [1.54, 1.807) is 14.0 Å². The maximum absolute atomic E-state index is 12.7. The van der Waals surface area contributed by atoms with Crippen molar-refractivity contribution in [2.75, 3.05) is 20.3 Å². The molecule has 1 aliphatic heterocycles. The summed E-state index contributed by atoms with van der Waals surface area (Å²) < 4.78 is 10.6. The molecule has 2 aromatic carbocycles. The van der Waals surface area contributed by atoms with Gasteiger partial charge in [-0.3, -0.25) is 4.79 Å². The molecule has 0 spiro atoms. The molecule has 6 nitrogen and oxygen atoms in total. The van der Waals surface area contributed by atoms with Crippen LogP contribution in [0, 0.1) is 5.92 Å². The van der Waals surface area contributed by atoms with E-state index in [2.05, 4.69) is 5.32 Å². The van der Waals surface area contributed by atoms with E-state index in [0.717, 1.165) is 34.9 Å². The van der Waals surface area contributed by atoms with E-state index in [9.17, 15) is 14.7 Å². The Morgan fingerprint density at radius 3 is 2.63 bits per heavy atom. The molecule has 1 amide bonds. The highest BCUT2D eigenvalue weighted by Gasteiger charge is 2.32. The third-order valence-corrected chi connectivity index (χ3v) is 5.20. The van der Waals surface area contributed by atoms with Crippen LogP contribution in [0.5, 0.6) is 5.75 Å². The lowest BCUT2D eigenvalue weighted by molar-refractivity contribution is -0.145. The number of carbonyl (C=O) groups is 2. The number of amides is 1. The van der Waals surface area contributed by atoms with Crippen molar-refractivity contribution in [3.63, 3.8) is 0 Å². The number of carbonyl (C=O) groups excluding carboxylic acids is 1. The Morgan fingerprint density at radius 1 is 1.22 bits per heavy atom. The van der Waals surface area contributed by atoms with Crippen LogP contribution in [0.3, 0.4) is 0 Å². The normalized spacial score (nSPS) is 19.3. The molecule has 0 aliphatic carbocycles. The molecule has 3 rings (SSSR count). The molecular weight excluding hydrogens is 346 g/mol. The van der Waals surface area contributed by atoms with Crippen LogP contribution in [-0.4, -0.2) is 43.3 Å². The number of methoxy groups -OCH3 is 1. The van der Waals surface area contributed by atoms with Gasteiger partial charge < -0.3 is 19.9 Å². The fourth-order valence-electron chi connectivity index (χ4n) is 3.48. The highest BCUT2D eigenvalue weighted by atomic mass is 16.5. The summed E-state index contributed by atoms with van der Waals surface area (Å²) in [5, 5.41) is 14.3. The predicted molar refractivity (Wildman–Crippen MR) is 102 cm³/mol. The number of rotatable bonds is 6. The van der Waals surface area contributed by atoms with Gasteiger partial charge in [-0.25, -0.2) is 4.79 Å². The first-order chi connectivity index (χ1) is 13.0. The van der Waals surface area contributed by atoms with Gasteiger partial charge in [0, 0.05) is 12.5 Å². The second-order valence-electron chi connectivity index (χ2n) is 7.00. The third kappa shape index (κ3) is 4.39. The van der Waals surface area contributed by atoms with E-state index >= 15 is 0 Å². The Kier molecular flexibility index (Phi) is 5.96. The first-order valence-electron chi connectivity index (χ1n) is 9.18. The standard InChI is InChI=1S/C21H25NO5/c1-13(14-5-6-16-11-18(26-2)8-7-15(16)10-14)20(23)22-19(21(24)25)17-4-3-9-27-12-17/h5-8,10-11,13,17,19H,3-4,9,12H2,1-2H3,(H,22,23)(H,24,25)/t13-,17?,19?/m0/s1. The molecule has 2 N–H and O–H groups in total. The van der Waals surface area contributed by atoms with Crippen LogP contribution in [0.15, 0.2) is 36.4 Å². The van der Waals surface area contributed by atoms with Crippen LogP contribution >= 0.6 is 0 Å². The molecule has 1 heterocycles. The number of aliphatic carboxylic acids is 1. The van der Waals surface area contributed by atoms with Gasteiger partial charge in [-0.15, -0.1) is 0 Å². The molecule has 144 valence electrons. The second kappa shape index (κ2) is 8.39. The summed E-state index contributed by atoms with van der Waals surface area (Å²) in [4.78, 5) is 24.3. The van der Waals surface area contributed by atoms with Crippen molar-refractivity contribution >= 4 is 22.6 Å². The van der Waals surface area contributed by atoms with Crippen LogP contribution in [0.1, 0.15) is 31.2 Å². The van der Waals surface area contributed by atoms with Gasteiger partial charge in [-0.05, 0) is 48.2 Å². The number of hydrogen-bond acceptors (Lipinski definition) is 4. The number of fused-ring (bicyclic) bond motifs is 1. The SMILES string of the molecule is COc1ccc2cc([C@H](C)C(=O)NC(C(=O)O)C3CCCOC3)ccc2c1. The second-order valence-corrected chi connectivity index (χ2v) is 7.00. The predicted octanol–water partition coefficient (Wildman–Crippen LogP) is 2.95. The first kappa shape index (κ1) is 19.2. The van der Waals surface area contributed by atoms with E-state index in [4.69, 9.17) is 9.47 Å². The van der Waals surface area contributed by atoms with Crippen LogP contribution in [0.25, 0.3) is 10.8 Å². The van der Waals surface area contributed by atoms with Gasteiger partial charge in [0.2, 0.25) is 5.91 Å². The van der Waals surface area contributed by atoms with Crippen molar-refractivity contribution in [2.24, 2.45) is 5.92 Å². The van der Waals surface area contributed by atoms with Crippen molar-refractivity contribution in [3.05, 3.63) is 42.0 Å². The number of benzene rings is 2. The third-order valence-electron chi connectivity index (χ3n) is 5.20. The van der Waals surface area contributed by atoms with E-state index in [1.165, 1.54) is 0 Å². The van der Waals surface area contributed by atoms with Crippen LogP contribution in [-0.2, 0) is 14.3 Å². The summed E-state index contributed by atoms with van der Waals surface area (Å²) in [5.74, 6) is -1.18. The minimum absolute atomic E-state index is 0.198. The van der Waals surface area contributed by atoms with E-state index in [-0.39, 0.29) is 11.8 Å². The smallest absolute Gasteiger partial charge is 0.326 e. The lowest BCUT2D eigenvalue weighted by Crippen LogP contribution is -2.49. The topological polar surface area (TPSA) is 84.9 Å². The van der Waals surface area contributed by atoms with Gasteiger partial charge in [0.05, 0.1) is 19.6 Å². The van der Waals surface area contributed by atoms with E-state index in [0.29, 0.717) is 13.2 Å². The fraction of sp³-hybridized carbons (Fsp3) is 0.429. The minimum Gasteiger partial charge on any atom is -0.497 e. The number of hydrogen-bond donors (Lipinski definition) is 2. The molecule has 6 heteroatoms. The molecule has 27 heavy (non-hydrogen) atoms. The molecule has 1 fully saturated rings. The molecule has 1 aliphatic rings. The van der Waals surface area contributed by atoms with Crippen LogP contribution in [0.2, 0.25) is 0 Å². The summed E-state index contributed by atoms with van der Waals surface area (Å²) in [7, 11) is 1.62. The van der Waals surface area contributed by atoms with Crippen LogP contribution in [0.4, 0.5) is 0 Å². The molecule has 0 saturated carbocycles. The summed E-state index contributed by atoms with van der Waals surface area (Å²) in [6, 6.07) is 10.6. The van der Waals surface area contributed by atoms with E-state index < -0.39 is 17.9 Å². The molecule has 2 unspecified atom stereocenters. The molecule has 1 saturated heterocycles. The van der Waals surface area contributed by atoms with Crippen molar-refractivity contribution in [3.8, 4) is 5.75 Å². The maximum Gasteiger partial charge on any atom is 0.326 e. The Balaban J connectivity index is 1.75. The summed E-state index contributed by atoms with van der Waals surface area (Å²) in [5.41, 5.74) is 0.842. The lowest BCUT2D eigenvalue weighted by Gasteiger charge is -2.29. The number of carboxylic acid groups (broad SMARTS) is 1. The average molecular weight is 371 g/mol. The van der Waals surface area contributed by atoms with Gasteiger partial charge in [0.15, 0.2) is 0 Å². The Morgan fingerprint density at radius 2 is 1.96 bits per heavy atom. The maximum atomic E-state index is 12.7. The van der Waals surface area contributed by atoms with Crippen molar-refractivity contribution in [2.45, 2.75) is 31.7 Å². The molecule has 0 bridgehead atoms. The van der Waals surface area contributed by atoms with Crippen molar-refractivity contribution < 1.29 is 24.2 Å². The summed E-state index contributed by atoms with van der Waals surface area (Å²) >= 11 is 0. The number of nitrogens with one attached hydrogen (secondary N) is 1. The van der Waals surface area contributed by atoms with Gasteiger partial charge in [-0.1, -0.05) is 24.3 Å². The molecule has 0 aromatic heterocycles. The summed E-state index contributed by atoms with van der Waals surface area (Å²) in [6.45, 7) is 2.80. The zero-order valence-electron chi connectivity index (χ0n) is 15.6. The number of carboxylic acids is 1. The lowest BCUT2D eigenvalue weighted by atomic mass is 9.92. The van der Waals surface area contributed by atoms with Crippen molar-refractivity contribution in [1.29, 1.82) is 0 Å². The monoisotopic (exact) mass is 371 g/mol. The average Bonchev–Trinajstić information content (AvgIpc) is 2.70. The van der Waals surface area contributed by atoms with Gasteiger partial charge in [0.25, 0.3) is 0 Å². The Labute approximate surface area is 158 Å². The highest BCUT2D eigenvalue weighted by Crippen LogP contribution is 2.26.